The number of nitrogens with two attached hydrogens (primary N) is 1. The fourth-order valence-corrected chi connectivity index (χ4v) is 2.59. The van der Waals surface area contributed by atoms with Gasteiger partial charge < -0.3 is 20.7 Å². The van der Waals surface area contributed by atoms with Gasteiger partial charge in [0.15, 0.2) is 0 Å². The van der Waals surface area contributed by atoms with Crippen LogP contribution in [0.5, 0.6) is 0 Å². The summed E-state index contributed by atoms with van der Waals surface area (Å²) in [5, 5.41) is 2.92. The predicted octanol–water partition coefficient (Wildman–Crippen LogP) is 0.731. The smallest absolute Gasteiger partial charge is 0.236 e. The maximum absolute atomic E-state index is 11.7. The van der Waals surface area contributed by atoms with Gasteiger partial charge in [-0.1, -0.05) is 12.8 Å². The molecule has 5 nitrogen and oxygen atoms in total. The number of methoxy groups -OCH3 is 1. The van der Waals surface area contributed by atoms with Crippen LogP contribution in [0.25, 0.3) is 0 Å². The van der Waals surface area contributed by atoms with Crippen LogP contribution in [0, 0.1) is 0 Å². The van der Waals surface area contributed by atoms with Gasteiger partial charge in [-0.25, -0.2) is 0 Å². The molecule has 0 bridgehead atoms. The molecule has 112 valence electrons. The number of carbonyl (C=O) groups is 1. The number of nitrogens with one attached hydrogen (secondary N) is 1. The highest BCUT2D eigenvalue weighted by atomic mass is 16.5. The number of nitrogens with zero attached hydrogens (tertiary/aromatic N) is 1. The standard InChI is InChI=1S/C14H29N3O2/c1-17(12-6-3-4-7-12)10-9-16-14(18)13(15)8-5-11-19-2/h12-13H,3-11,15H2,1-2H3,(H,16,18). The van der Waals surface area contributed by atoms with Gasteiger partial charge in [-0.3, -0.25) is 4.79 Å². The van der Waals surface area contributed by atoms with E-state index in [1.807, 2.05) is 0 Å². The Labute approximate surface area is 116 Å². The number of ether oxygens (including phenoxy) is 1. The van der Waals surface area contributed by atoms with E-state index in [1.54, 1.807) is 7.11 Å². The molecule has 1 amide bonds. The lowest BCUT2D eigenvalue weighted by Gasteiger charge is -2.24. The SMILES string of the molecule is COCCCC(N)C(=O)NCCN(C)C1CCCC1. The largest absolute Gasteiger partial charge is 0.385 e. The number of carbonyl (C=O) groups excluding carboxylic acids is 1. The van der Waals surface area contributed by atoms with E-state index in [4.69, 9.17) is 10.5 Å². The molecule has 0 aliphatic heterocycles. The van der Waals surface area contributed by atoms with Crippen LogP contribution in [-0.4, -0.2) is 56.7 Å². The number of hydrogen-bond acceptors (Lipinski definition) is 4. The number of likely N-dealkylation sites (N-methyl/N-ethyl adjacent to an activating group) is 1. The van der Waals surface area contributed by atoms with Crippen molar-refractivity contribution in [1.82, 2.24) is 10.2 Å². The molecule has 0 radical (unpaired) electrons. The Hall–Kier alpha value is -0.650. The van der Waals surface area contributed by atoms with Gasteiger partial charge in [0.05, 0.1) is 6.04 Å². The fourth-order valence-electron chi connectivity index (χ4n) is 2.59. The second kappa shape index (κ2) is 9.28. The van der Waals surface area contributed by atoms with Gasteiger partial charge >= 0.3 is 0 Å². The highest BCUT2D eigenvalue weighted by Crippen LogP contribution is 2.21. The summed E-state index contributed by atoms with van der Waals surface area (Å²) in [6, 6.07) is 0.291. The maximum atomic E-state index is 11.7. The van der Waals surface area contributed by atoms with E-state index in [0.29, 0.717) is 25.6 Å². The van der Waals surface area contributed by atoms with Gasteiger partial charge in [0.1, 0.15) is 0 Å². The summed E-state index contributed by atoms with van der Waals surface area (Å²) in [6.45, 7) is 2.25. The first kappa shape index (κ1) is 16.4. The third kappa shape index (κ3) is 6.36. The summed E-state index contributed by atoms with van der Waals surface area (Å²) < 4.78 is 4.95. The predicted molar refractivity (Wildman–Crippen MR) is 77.0 cm³/mol. The van der Waals surface area contributed by atoms with Gasteiger partial charge in [0, 0.05) is 32.8 Å². The van der Waals surface area contributed by atoms with Gasteiger partial charge in [-0.15, -0.1) is 0 Å². The number of hydrogen-bond donors (Lipinski definition) is 2. The Bertz CT molecular complexity index is 255. The molecule has 0 spiro atoms. The molecule has 0 aromatic heterocycles. The van der Waals surface area contributed by atoms with Crippen LogP contribution in [0.15, 0.2) is 0 Å². The summed E-state index contributed by atoms with van der Waals surface area (Å²) >= 11 is 0. The van der Waals surface area contributed by atoms with Crippen LogP contribution < -0.4 is 11.1 Å². The van der Waals surface area contributed by atoms with E-state index >= 15 is 0 Å². The minimum atomic E-state index is -0.410. The summed E-state index contributed by atoms with van der Waals surface area (Å²) in [6.07, 6.45) is 6.77. The molecule has 1 atom stereocenters. The zero-order chi connectivity index (χ0) is 14.1. The molecule has 1 fully saturated rings. The summed E-state index contributed by atoms with van der Waals surface area (Å²) in [7, 11) is 3.80. The Morgan fingerprint density at radius 1 is 1.47 bits per heavy atom. The second-order valence-corrected chi connectivity index (χ2v) is 5.45. The Kier molecular flexibility index (Phi) is 8.02. The van der Waals surface area contributed by atoms with E-state index in [0.717, 1.165) is 13.0 Å². The summed E-state index contributed by atoms with van der Waals surface area (Å²) in [5.41, 5.74) is 5.82. The zero-order valence-corrected chi connectivity index (χ0v) is 12.4. The van der Waals surface area contributed by atoms with Crippen molar-refractivity contribution in [3.8, 4) is 0 Å². The Balaban J connectivity index is 2.08. The third-order valence-corrected chi connectivity index (χ3v) is 3.91. The zero-order valence-electron chi connectivity index (χ0n) is 12.4. The van der Waals surface area contributed by atoms with Crippen LogP contribution >= 0.6 is 0 Å². The van der Waals surface area contributed by atoms with Gasteiger partial charge in [0.25, 0.3) is 0 Å². The Morgan fingerprint density at radius 2 is 2.16 bits per heavy atom. The van der Waals surface area contributed by atoms with E-state index in [2.05, 4.69) is 17.3 Å². The molecular formula is C14H29N3O2. The van der Waals surface area contributed by atoms with Crippen LogP contribution in [-0.2, 0) is 9.53 Å². The van der Waals surface area contributed by atoms with Crippen molar-refractivity contribution in [2.75, 3.05) is 33.9 Å². The lowest BCUT2D eigenvalue weighted by molar-refractivity contribution is -0.122. The van der Waals surface area contributed by atoms with Crippen molar-refractivity contribution >= 4 is 5.91 Å². The van der Waals surface area contributed by atoms with Crippen molar-refractivity contribution in [2.45, 2.75) is 50.6 Å². The molecule has 5 heteroatoms. The molecule has 0 aromatic rings. The van der Waals surface area contributed by atoms with E-state index in [-0.39, 0.29) is 5.91 Å². The van der Waals surface area contributed by atoms with Gasteiger partial charge in [-0.05, 0) is 32.7 Å². The first-order chi connectivity index (χ1) is 9.15. The van der Waals surface area contributed by atoms with Crippen molar-refractivity contribution < 1.29 is 9.53 Å². The van der Waals surface area contributed by atoms with Gasteiger partial charge in [0.2, 0.25) is 5.91 Å². The van der Waals surface area contributed by atoms with E-state index in [9.17, 15) is 4.79 Å². The molecule has 0 aromatic carbocycles. The quantitative estimate of drug-likeness (QED) is 0.607. The van der Waals surface area contributed by atoms with Crippen LogP contribution in [0.1, 0.15) is 38.5 Å². The molecule has 0 saturated heterocycles. The molecule has 0 heterocycles. The lowest BCUT2D eigenvalue weighted by Crippen LogP contribution is -2.44. The second-order valence-electron chi connectivity index (χ2n) is 5.45. The minimum absolute atomic E-state index is 0.0454. The first-order valence-corrected chi connectivity index (χ1v) is 7.37. The Morgan fingerprint density at radius 3 is 2.79 bits per heavy atom. The van der Waals surface area contributed by atoms with Crippen molar-refractivity contribution in [3.63, 3.8) is 0 Å². The van der Waals surface area contributed by atoms with Crippen LogP contribution in [0.3, 0.4) is 0 Å². The highest BCUT2D eigenvalue weighted by molar-refractivity contribution is 5.81. The van der Waals surface area contributed by atoms with Crippen molar-refractivity contribution in [3.05, 3.63) is 0 Å². The topological polar surface area (TPSA) is 67.6 Å². The molecule has 1 aliphatic carbocycles. The first-order valence-electron chi connectivity index (χ1n) is 7.37. The lowest BCUT2D eigenvalue weighted by atomic mass is 10.1. The maximum Gasteiger partial charge on any atom is 0.236 e. The van der Waals surface area contributed by atoms with Crippen molar-refractivity contribution in [1.29, 1.82) is 0 Å². The number of rotatable bonds is 9. The third-order valence-electron chi connectivity index (χ3n) is 3.91. The average Bonchev–Trinajstić information content (AvgIpc) is 2.92. The van der Waals surface area contributed by atoms with Crippen LogP contribution in [0.4, 0.5) is 0 Å². The minimum Gasteiger partial charge on any atom is -0.385 e. The molecule has 1 saturated carbocycles. The van der Waals surface area contributed by atoms with E-state index in [1.165, 1.54) is 25.7 Å². The van der Waals surface area contributed by atoms with Crippen molar-refractivity contribution in [2.24, 2.45) is 5.73 Å². The summed E-state index contributed by atoms with van der Waals surface area (Å²) in [5.74, 6) is -0.0454. The molecule has 1 unspecified atom stereocenters. The molecule has 3 N–H and O–H groups in total. The van der Waals surface area contributed by atoms with E-state index < -0.39 is 6.04 Å². The monoisotopic (exact) mass is 271 g/mol. The molecule has 1 rings (SSSR count). The molecular weight excluding hydrogens is 242 g/mol. The molecule has 1 aliphatic rings. The average molecular weight is 271 g/mol. The number of amides is 1. The fraction of sp³-hybridized carbons (Fsp3) is 0.929. The normalized spacial score (nSPS) is 17.9. The highest BCUT2D eigenvalue weighted by Gasteiger charge is 2.19. The summed E-state index contributed by atoms with van der Waals surface area (Å²) in [4.78, 5) is 14.1. The van der Waals surface area contributed by atoms with Crippen LogP contribution in [0.2, 0.25) is 0 Å². The molecule has 19 heavy (non-hydrogen) atoms. The van der Waals surface area contributed by atoms with Gasteiger partial charge in [-0.2, -0.15) is 0 Å².